The molecule has 1 fully saturated rings. The van der Waals surface area contributed by atoms with Crippen molar-refractivity contribution in [2.75, 3.05) is 25.5 Å². The monoisotopic (exact) mass is 403 g/mol. The molecule has 0 saturated heterocycles. The third kappa shape index (κ3) is 3.99. The molecule has 1 amide bonds. The average Bonchev–Trinajstić information content (AvgIpc) is 3.27. The Morgan fingerprint density at radius 3 is 2.75 bits per heavy atom. The number of aliphatic hydroxyl groups excluding tert-OH is 1. The Labute approximate surface area is 169 Å². The van der Waals surface area contributed by atoms with Crippen LogP contribution in [0.4, 0.5) is 5.82 Å². The summed E-state index contributed by atoms with van der Waals surface area (Å²) in [5.41, 5.74) is 1.27. The number of aryl methyl sites for hydroxylation is 1. The summed E-state index contributed by atoms with van der Waals surface area (Å²) in [5.74, 6) is 1.13. The molecule has 4 rings (SSSR count). The zero-order chi connectivity index (χ0) is 19.5. The first kappa shape index (κ1) is 19.5. The molecule has 1 saturated carbocycles. The number of carbonyl (C=O) groups is 1. The highest BCUT2D eigenvalue weighted by Gasteiger charge is 2.31. The van der Waals surface area contributed by atoms with E-state index in [2.05, 4.69) is 25.9 Å². The van der Waals surface area contributed by atoms with Gasteiger partial charge < -0.3 is 21.1 Å². The van der Waals surface area contributed by atoms with Gasteiger partial charge in [-0.2, -0.15) is 0 Å². The van der Waals surface area contributed by atoms with Crippen molar-refractivity contribution in [1.29, 1.82) is 0 Å². The van der Waals surface area contributed by atoms with Crippen molar-refractivity contribution in [3.63, 3.8) is 0 Å². The zero-order valence-electron chi connectivity index (χ0n) is 16.3. The van der Waals surface area contributed by atoms with E-state index >= 15 is 0 Å². The van der Waals surface area contributed by atoms with Gasteiger partial charge in [-0.25, -0.2) is 9.97 Å². The van der Waals surface area contributed by atoms with E-state index in [-0.39, 0.29) is 18.4 Å². The first-order valence-electron chi connectivity index (χ1n) is 10.3. The largest absolute Gasteiger partial charge is 0.395 e. The predicted octanol–water partition coefficient (Wildman–Crippen LogP) is 2.16. The number of fused-ring (bicyclic) bond motifs is 3. The SMILES string of the molecule is CNC1CCC(Nc2ncnc3sc4c(c23)C(CC(=O)NCCO)CC4)CC1. The lowest BCUT2D eigenvalue weighted by Gasteiger charge is -2.29. The number of nitrogens with one attached hydrogen (secondary N) is 3. The molecule has 7 nitrogen and oxygen atoms in total. The van der Waals surface area contributed by atoms with Crippen molar-refractivity contribution in [2.45, 2.75) is 62.9 Å². The van der Waals surface area contributed by atoms with Crippen LogP contribution in [0.15, 0.2) is 6.33 Å². The Bertz CT molecular complexity index is 831. The Kier molecular flexibility index (Phi) is 6.08. The summed E-state index contributed by atoms with van der Waals surface area (Å²) in [6.07, 6.45) is 8.73. The van der Waals surface area contributed by atoms with Crippen LogP contribution >= 0.6 is 11.3 Å². The molecule has 0 radical (unpaired) electrons. The minimum atomic E-state index is -0.0270. The minimum absolute atomic E-state index is 0.00277. The molecular weight excluding hydrogens is 374 g/mol. The molecule has 4 N–H and O–H groups in total. The molecule has 0 aromatic carbocycles. The van der Waals surface area contributed by atoms with Crippen molar-refractivity contribution in [1.82, 2.24) is 20.6 Å². The summed E-state index contributed by atoms with van der Waals surface area (Å²) in [4.78, 5) is 23.7. The molecule has 0 bridgehead atoms. The second kappa shape index (κ2) is 8.71. The summed E-state index contributed by atoms with van der Waals surface area (Å²) in [6, 6.07) is 1.06. The second-order valence-electron chi connectivity index (χ2n) is 7.84. The predicted molar refractivity (Wildman–Crippen MR) is 112 cm³/mol. The van der Waals surface area contributed by atoms with Crippen LogP contribution in [-0.2, 0) is 11.2 Å². The maximum absolute atomic E-state index is 12.2. The van der Waals surface area contributed by atoms with Gasteiger partial charge in [-0.1, -0.05) is 0 Å². The number of aliphatic hydroxyl groups is 1. The lowest BCUT2D eigenvalue weighted by atomic mass is 9.91. The molecule has 8 heteroatoms. The number of nitrogens with zero attached hydrogens (tertiary/aromatic N) is 2. The van der Waals surface area contributed by atoms with E-state index in [0.29, 0.717) is 25.0 Å². The molecule has 2 heterocycles. The van der Waals surface area contributed by atoms with Crippen LogP contribution in [0.1, 0.15) is 54.9 Å². The average molecular weight is 404 g/mol. The van der Waals surface area contributed by atoms with E-state index in [1.807, 2.05) is 7.05 Å². The molecule has 1 unspecified atom stereocenters. The number of thiophene rings is 1. The fourth-order valence-corrected chi connectivity index (χ4v) is 5.83. The molecule has 1 atom stereocenters. The molecule has 152 valence electrons. The number of carbonyl (C=O) groups excluding carboxylic acids is 1. The number of rotatable bonds is 7. The van der Waals surface area contributed by atoms with E-state index in [9.17, 15) is 4.79 Å². The summed E-state index contributed by atoms with van der Waals surface area (Å²) in [5, 5.41) is 19.9. The summed E-state index contributed by atoms with van der Waals surface area (Å²) in [6.45, 7) is 0.286. The Balaban J connectivity index is 1.55. The molecule has 2 aliphatic carbocycles. The van der Waals surface area contributed by atoms with Crippen LogP contribution in [0, 0.1) is 0 Å². The van der Waals surface area contributed by atoms with Gasteiger partial charge in [-0.05, 0) is 57.1 Å². The lowest BCUT2D eigenvalue weighted by molar-refractivity contribution is -0.121. The zero-order valence-corrected chi connectivity index (χ0v) is 17.1. The summed E-state index contributed by atoms with van der Waals surface area (Å²) >= 11 is 1.74. The van der Waals surface area contributed by atoms with Gasteiger partial charge in [-0.15, -0.1) is 11.3 Å². The van der Waals surface area contributed by atoms with Crippen molar-refractivity contribution >= 4 is 33.3 Å². The van der Waals surface area contributed by atoms with Gasteiger partial charge in [0.05, 0.1) is 12.0 Å². The smallest absolute Gasteiger partial charge is 0.220 e. The van der Waals surface area contributed by atoms with Gasteiger partial charge in [0.25, 0.3) is 0 Å². The molecule has 2 aromatic heterocycles. The molecule has 2 aliphatic rings. The summed E-state index contributed by atoms with van der Waals surface area (Å²) < 4.78 is 0. The highest BCUT2D eigenvalue weighted by molar-refractivity contribution is 7.19. The van der Waals surface area contributed by atoms with Crippen LogP contribution in [0.25, 0.3) is 10.2 Å². The second-order valence-corrected chi connectivity index (χ2v) is 8.92. The number of hydrogen-bond donors (Lipinski definition) is 4. The van der Waals surface area contributed by atoms with E-state index in [1.54, 1.807) is 17.7 Å². The van der Waals surface area contributed by atoms with Crippen LogP contribution in [0.5, 0.6) is 0 Å². The quantitative estimate of drug-likeness (QED) is 0.565. The van der Waals surface area contributed by atoms with Gasteiger partial charge in [0.1, 0.15) is 17.0 Å². The Morgan fingerprint density at radius 2 is 2.00 bits per heavy atom. The number of anilines is 1. The highest BCUT2D eigenvalue weighted by Crippen LogP contribution is 2.46. The van der Waals surface area contributed by atoms with Gasteiger partial charge in [0.2, 0.25) is 5.91 Å². The van der Waals surface area contributed by atoms with E-state index in [4.69, 9.17) is 5.11 Å². The van der Waals surface area contributed by atoms with Crippen LogP contribution < -0.4 is 16.0 Å². The summed E-state index contributed by atoms with van der Waals surface area (Å²) in [7, 11) is 2.04. The lowest BCUT2D eigenvalue weighted by Crippen LogP contribution is -2.35. The molecule has 0 spiro atoms. The van der Waals surface area contributed by atoms with Gasteiger partial charge >= 0.3 is 0 Å². The first-order chi connectivity index (χ1) is 13.7. The third-order valence-corrected chi connectivity index (χ3v) is 7.25. The topological polar surface area (TPSA) is 99.2 Å². The van der Waals surface area contributed by atoms with Gasteiger partial charge in [-0.3, -0.25) is 4.79 Å². The first-order valence-corrected chi connectivity index (χ1v) is 11.1. The fourth-order valence-electron chi connectivity index (χ4n) is 4.59. The normalized spacial score (nSPS) is 24.3. The van der Waals surface area contributed by atoms with Crippen molar-refractivity contribution < 1.29 is 9.90 Å². The fraction of sp³-hybridized carbons (Fsp3) is 0.650. The number of aromatic nitrogens is 2. The Morgan fingerprint density at radius 1 is 1.21 bits per heavy atom. The third-order valence-electron chi connectivity index (χ3n) is 6.07. The molecule has 28 heavy (non-hydrogen) atoms. The van der Waals surface area contributed by atoms with E-state index in [1.165, 1.54) is 23.3 Å². The van der Waals surface area contributed by atoms with Crippen molar-refractivity contribution in [2.24, 2.45) is 0 Å². The standard InChI is InChI=1S/C20H29N5O2S/c1-21-13-3-5-14(6-4-13)25-19-18-17-12(10-16(27)22-8-9-26)2-7-15(17)28-20(18)24-11-23-19/h11-14,21,26H,2-10H2,1H3,(H,22,27)(H,23,24,25). The number of amides is 1. The van der Waals surface area contributed by atoms with E-state index in [0.717, 1.165) is 41.7 Å². The minimum Gasteiger partial charge on any atom is -0.395 e. The molecule has 0 aliphatic heterocycles. The highest BCUT2D eigenvalue weighted by atomic mass is 32.1. The van der Waals surface area contributed by atoms with E-state index < -0.39 is 0 Å². The van der Waals surface area contributed by atoms with Crippen LogP contribution in [0.2, 0.25) is 0 Å². The van der Waals surface area contributed by atoms with Gasteiger partial charge in [0, 0.05) is 29.9 Å². The van der Waals surface area contributed by atoms with Crippen molar-refractivity contribution in [3.8, 4) is 0 Å². The molecule has 2 aromatic rings. The number of hydrogen-bond acceptors (Lipinski definition) is 7. The Hall–Kier alpha value is -1.77. The van der Waals surface area contributed by atoms with Crippen LogP contribution in [0.3, 0.4) is 0 Å². The van der Waals surface area contributed by atoms with Gasteiger partial charge in [0.15, 0.2) is 0 Å². The van der Waals surface area contributed by atoms with Crippen LogP contribution in [-0.4, -0.2) is 53.3 Å². The molecular formula is C20H29N5O2S. The van der Waals surface area contributed by atoms with Crippen molar-refractivity contribution in [3.05, 3.63) is 16.8 Å². The maximum atomic E-state index is 12.2. The maximum Gasteiger partial charge on any atom is 0.220 e.